The predicted molar refractivity (Wildman–Crippen MR) is 73.7 cm³/mol. The molecular weight excluding hydrogens is 224 g/mol. The monoisotopic (exact) mass is 246 g/mol. The van der Waals surface area contributed by atoms with E-state index in [1.165, 1.54) is 16.8 Å². The van der Waals surface area contributed by atoms with Crippen molar-refractivity contribution in [2.24, 2.45) is 5.92 Å². The number of benzene rings is 1. The Hall–Kier alpha value is -1.06. The summed E-state index contributed by atoms with van der Waals surface area (Å²) in [5.74, 6) is 0.392. The molecule has 98 valence electrons. The van der Waals surface area contributed by atoms with Crippen molar-refractivity contribution < 1.29 is 5.11 Å². The second-order valence-electron chi connectivity index (χ2n) is 5.70. The lowest BCUT2D eigenvalue weighted by Crippen LogP contribution is -2.41. The molecule has 1 aromatic carbocycles. The van der Waals surface area contributed by atoms with Gasteiger partial charge in [-0.2, -0.15) is 0 Å². The number of rotatable bonds is 2. The number of anilines is 1. The van der Waals surface area contributed by atoms with Gasteiger partial charge in [-0.3, -0.25) is 4.90 Å². The zero-order valence-electron chi connectivity index (χ0n) is 11.0. The van der Waals surface area contributed by atoms with Crippen LogP contribution in [-0.2, 0) is 13.0 Å². The lowest BCUT2D eigenvalue weighted by Gasteiger charge is -2.34. The van der Waals surface area contributed by atoms with Gasteiger partial charge < -0.3 is 10.4 Å². The van der Waals surface area contributed by atoms with Gasteiger partial charge in [0.05, 0.1) is 6.10 Å². The summed E-state index contributed by atoms with van der Waals surface area (Å²) in [5, 5.41) is 13.3. The van der Waals surface area contributed by atoms with Crippen LogP contribution in [0, 0.1) is 5.92 Å². The number of aliphatic hydroxyl groups excluding tert-OH is 1. The van der Waals surface area contributed by atoms with Crippen LogP contribution in [-0.4, -0.2) is 35.7 Å². The second-order valence-corrected chi connectivity index (χ2v) is 5.70. The van der Waals surface area contributed by atoms with E-state index in [9.17, 15) is 5.11 Å². The van der Waals surface area contributed by atoms with Crippen LogP contribution < -0.4 is 5.32 Å². The molecule has 18 heavy (non-hydrogen) atoms. The van der Waals surface area contributed by atoms with E-state index < -0.39 is 0 Å². The molecule has 3 heteroatoms. The summed E-state index contributed by atoms with van der Waals surface area (Å²) in [6, 6.07) is 6.62. The molecular formula is C15H22N2O. The summed E-state index contributed by atoms with van der Waals surface area (Å²) >= 11 is 0. The average molecular weight is 246 g/mol. The number of hydrogen-bond donors (Lipinski definition) is 2. The van der Waals surface area contributed by atoms with Crippen molar-refractivity contribution in [3.05, 3.63) is 29.3 Å². The number of para-hydroxylation sites is 1. The number of nitrogens with one attached hydrogen (secondary N) is 1. The quantitative estimate of drug-likeness (QED) is 0.836. The molecule has 2 heterocycles. The van der Waals surface area contributed by atoms with Crippen LogP contribution in [0.25, 0.3) is 0 Å². The fourth-order valence-corrected chi connectivity index (χ4v) is 3.15. The van der Waals surface area contributed by atoms with Crippen LogP contribution in [0.2, 0.25) is 0 Å². The molecule has 2 N–H and O–H groups in total. The van der Waals surface area contributed by atoms with Crippen LogP contribution in [0.5, 0.6) is 0 Å². The summed E-state index contributed by atoms with van der Waals surface area (Å²) in [6.07, 6.45) is 1.95. The number of fused-ring (bicyclic) bond motifs is 1. The van der Waals surface area contributed by atoms with Crippen molar-refractivity contribution in [1.29, 1.82) is 0 Å². The minimum absolute atomic E-state index is 0.110. The van der Waals surface area contributed by atoms with Crippen molar-refractivity contribution in [3.63, 3.8) is 0 Å². The van der Waals surface area contributed by atoms with Gasteiger partial charge in [-0.05, 0) is 29.9 Å². The minimum Gasteiger partial charge on any atom is -0.393 e. The van der Waals surface area contributed by atoms with E-state index in [-0.39, 0.29) is 6.10 Å². The van der Waals surface area contributed by atoms with Crippen LogP contribution in [0.3, 0.4) is 0 Å². The highest BCUT2D eigenvalue weighted by Crippen LogP contribution is 2.28. The number of nitrogens with zero attached hydrogens (tertiary/aromatic N) is 1. The van der Waals surface area contributed by atoms with E-state index in [2.05, 4.69) is 35.3 Å². The van der Waals surface area contributed by atoms with Gasteiger partial charge in [0.1, 0.15) is 0 Å². The zero-order chi connectivity index (χ0) is 12.5. The highest BCUT2D eigenvalue weighted by molar-refractivity contribution is 5.61. The smallest absolute Gasteiger partial charge is 0.0590 e. The van der Waals surface area contributed by atoms with Crippen molar-refractivity contribution >= 4 is 5.69 Å². The summed E-state index contributed by atoms with van der Waals surface area (Å²) in [5.41, 5.74) is 4.22. The van der Waals surface area contributed by atoms with Crippen molar-refractivity contribution in [2.75, 3.05) is 25.0 Å². The SMILES string of the molecule is CC1CN(Cc2cccc3c2NCC3)CCC1O. The molecule has 0 amide bonds. The summed E-state index contributed by atoms with van der Waals surface area (Å²) in [4.78, 5) is 2.47. The van der Waals surface area contributed by atoms with E-state index in [1.807, 2.05) is 0 Å². The van der Waals surface area contributed by atoms with Crippen molar-refractivity contribution in [1.82, 2.24) is 4.90 Å². The molecule has 2 aliphatic heterocycles. The highest BCUT2D eigenvalue weighted by atomic mass is 16.3. The largest absolute Gasteiger partial charge is 0.393 e. The maximum absolute atomic E-state index is 9.78. The lowest BCUT2D eigenvalue weighted by atomic mass is 9.96. The van der Waals surface area contributed by atoms with Gasteiger partial charge in [-0.1, -0.05) is 25.1 Å². The van der Waals surface area contributed by atoms with Gasteiger partial charge in [0.25, 0.3) is 0 Å². The fraction of sp³-hybridized carbons (Fsp3) is 0.600. The van der Waals surface area contributed by atoms with Crippen molar-refractivity contribution in [3.8, 4) is 0 Å². The van der Waals surface area contributed by atoms with Crippen molar-refractivity contribution in [2.45, 2.75) is 32.4 Å². The molecule has 3 nitrogen and oxygen atoms in total. The Labute approximate surface area is 109 Å². The molecule has 0 bridgehead atoms. The molecule has 2 unspecified atom stereocenters. The fourth-order valence-electron chi connectivity index (χ4n) is 3.15. The van der Waals surface area contributed by atoms with E-state index in [0.717, 1.165) is 39.0 Å². The van der Waals surface area contributed by atoms with Gasteiger partial charge in [0.15, 0.2) is 0 Å². The summed E-state index contributed by atoms with van der Waals surface area (Å²) < 4.78 is 0. The Morgan fingerprint density at radius 2 is 2.33 bits per heavy atom. The molecule has 1 aromatic rings. The molecule has 0 aliphatic carbocycles. The predicted octanol–water partition coefficient (Wildman–Crippen LogP) is 1.86. The standard InChI is InChI=1S/C15H22N2O/c1-11-9-17(8-6-14(11)18)10-13-4-2-3-12-5-7-16-15(12)13/h2-4,11,14,16,18H,5-10H2,1H3. The average Bonchev–Trinajstić information content (AvgIpc) is 2.83. The number of aliphatic hydroxyl groups is 1. The number of piperidine rings is 1. The Balaban J connectivity index is 1.72. The maximum Gasteiger partial charge on any atom is 0.0590 e. The van der Waals surface area contributed by atoms with Crippen LogP contribution in [0.15, 0.2) is 18.2 Å². The third-order valence-electron chi connectivity index (χ3n) is 4.27. The number of hydrogen-bond acceptors (Lipinski definition) is 3. The normalized spacial score (nSPS) is 27.9. The first-order valence-electron chi connectivity index (χ1n) is 6.99. The summed E-state index contributed by atoms with van der Waals surface area (Å²) in [6.45, 7) is 6.24. The Morgan fingerprint density at radius 1 is 1.44 bits per heavy atom. The molecule has 3 rings (SSSR count). The molecule has 0 saturated carbocycles. The third-order valence-corrected chi connectivity index (χ3v) is 4.27. The van der Waals surface area contributed by atoms with E-state index in [0.29, 0.717) is 5.92 Å². The van der Waals surface area contributed by atoms with E-state index >= 15 is 0 Å². The Morgan fingerprint density at radius 3 is 3.17 bits per heavy atom. The van der Waals surface area contributed by atoms with Crippen LogP contribution in [0.1, 0.15) is 24.5 Å². The molecule has 2 aliphatic rings. The van der Waals surface area contributed by atoms with Crippen LogP contribution >= 0.6 is 0 Å². The Kier molecular flexibility index (Phi) is 3.27. The highest BCUT2D eigenvalue weighted by Gasteiger charge is 2.25. The molecule has 0 radical (unpaired) electrons. The summed E-state index contributed by atoms with van der Waals surface area (Å²) in [7, 11) is 0. The number of likely N-dealkylation sites (tertiary alicyclic amines) is 1. The first kappa shape index (κ1) is 12.0. The van der Waals surface area contributed by atoms with Gasteiger partial charge in [0.2, 0.25) is 0 Å². The first-order chi connectivity index (χ1) is 8.74. The molecule has 0 aromatic heterocycles. The minimum atomic E-state index is -0.110. The molecule has 2 atom stereocenters. The lowest BCUT2D eigenvalue weighted by molar-refractivity contribution is 0.0321. The van der Waals surface area contributed by atoms with Gasteiger partial charge in [-0.15, -0.1) is 0 Å². The Bertz CT molecular complexity index is 433. The third kappa shape index (κ3) is 2.25. The van der Waals surface area contributed by atoms with Gasteiger partial charge in [-0.25, -0.2) is 0 Å². The molecule has 1 fully saturated rings. The van der Waals surface area contributed by atoms with Gasteiger partial charge in [0, 0.05) is 31.9 Å². The van der Waals surface area contributed by atoms with Gasteiger partial charge >= 0.3 is 0 Å². The first-order valence-corrected chi connectivity index (χ1v) is 6.99. The zero-order valence-corrected chi connectivity index (χ0v) is 11.0. The van der Waals surface area contributed by atoms with Crippen LogP contribution in [0.4, 0.5) is 5.69 Å². The molecule has 0 spiro atoms. The maximum atomic E-state index is 9.78. The second kappa shape index (κ2) is 4.90. The van der Waals surface area contributed by atoms with E-state index in [4.69, 9.17) is 0 Å². The molecule has 1 saturated heterocycles. The van der Waals surface area contributed by atoms with E-state index in [1.54, 1.807) is 0 Å². The topological polar surface area (TPSA) is 35.5 Å².